The molecule has 0 aliphatic heterocycles. The third-order valence-corrected chi connectivity index (χ3v) is 3.21. The molecule has 0 aliphatic carbocycles. The molecule has 1 aromatic carbocycles. The standard InChI is InChI=1S/C12H12BrN3O2/c1-7-4-5-8(6-9(7)18-3)11(17)10-12(13)14-15-16(10)2/h4-6H,1-3H3. The normalized spacial score (nSPS) is 10.4. The maximum Gasteiger partial charge on any atom is 0.214 e. The van der Waals surface area contributed by atoms with E-state index < -0.39 is 0 Å². The van der Waals surface area contributed by atoms with Crippen molar-refractivity contribution in [2.75, 3.05) is 7.11 Å². The number of ketones is 1. The summed E-state index contributed by atoms with van der Waals surface area (Å²) in [5.41, 5.74) is 1.95. The summed E-state index contributed by atoms with van der Waals surface area (Å²) < 4.78 is 7.09. The SMILES string of the molecule is COc1cc(C(=O)c2c(Br)nnn2C)ccc1C. The Hall–Kier alpha value is -1.69. The van der Waals surface area contributed by atoms with E-state index in [9.17, 15) is 4.79 Å². The Morgan fingerprint density at radius 1 is 1.44 bits per heavy atom. The molecule has 0 fully saturated rings. The summed E-state index contributed by atoms with van der Waals surface area (Å²) in [7, 11) is 3.26. The number of halogens is 1. The van der Waals surface area contributed by atoms with Crippen LogP contribution in [0.4, 0.5) is 0 Å². The fourth-order valence-electron chi connectivity index (χ4n) is 1.67. The molecule has 2 rings (SSSR count). The van der Waals surface area contributed by atoms with Gasteiger partial charge >= 0.3 is 0 Å². The first-order chi connectivity index (χ1) is 8.54. The summed E-state index contributed by atoms with van der Waals surface area (Å²) in [5.74, 6) is 0.541. The zero-order valence-electron chi connectivity index (χ0n) is 10.3. The van der Waals surface area contributed by atoms with Crippen molar-refractivity contribution in [2.45, 2.75) is 6.92 Å². The molecule has 0 aliphatic rings. The van der Waals surface area contributed by atoms with E-state index in [2.05, 4.69) is 26.2 Å². The van der Waals surface area contributed by atoms with Crippen molar-refractivity contribution in [2.24, 2.45) is 7.05 Å². The van der Waals surface area contributed by atoms with Gasteiger partial charge in [0.15, 0.2) is 4.60 Å². The van der Waals surface area contributed by atoms with E-state index in [0.717, 1.165) is 5.56 Å². The third kappa shape index (κ3) is 2.15. The van der Waals surface area contributed by atoms with Gasteiger partial charge in [0.1, 0.15) is 11.4 Å². The zero-order chi connectivity index (χ0) is 13.3. The molecule has 1 heterocycles. The molecule has 1 aromatic heterocycles. The molecule has 0 saturated carbocycles. The molecule has 0 unspecified atom stereocenters. The highest BCUT2D eigenvalue weighted by atomic mass is 79.9. The molecule has 0 atom stereocenters. The number of carbonyl (C=O) groups excluding carboxylic acids is 1. The van der Waals surface area contributed by atoms with E-state index in [-0.39, 0.29) is 5.78 Å². The van der Waals surface area contributed by atoms with Gasteiger partial charge in [-0.3, -0.25) is 4.79 Å². The molecular formula is C12H12BrN3O2. The highest BCUT2D eigenvalue weighted by molar-refractivity contribution is 9.10. The van der Waals surface area contributed by atoms with Crippen molar-refractivity contribution in [1.29, 1.82) is 0 Å². The molecule has 18 heavy (non-hydrogen) atoms. The van der Waals surface area contributed by atoms with Crippen LogP contribution in [0.5, 0.6) is 5.75 Å². The van der Waals surface area contributed by atoms with Gasteiger partial charge in [-0.1, -0.05) is 17.3 Å². The molecule has 0 amide bonds. The lowest BCUT2D eigenvalue weighted by Gasteiger charge is -2.07. The van der Waals surface area contributed by atoms with Crippen LogP contribution in [0.2, 0.25) is 0 Å². The summed E-state index contributed by atoms with van der Waals surface area (Å²) in [5, 5.41) is 7.59. The molecule has 6 heteroatoms. The fraction of sp³-hybridized carbons (Fsp3) is 0.250. The van der Waals surface area contributed by atoms with E-state index in [1.165, 1.54) is 4.68 Å². The summed E-state index contributed by atoms with van der Waals surface area (Å²) in [6, 6.07) is 5.33. The second kappa shape index (κ2) is 4.89. The number of carbonyl (C=O) groups is 1. The highest BCUT2D eigenvalue weighted by Gasteiger charge is 2.19. The Morgan fingerprint density at radius 2 is 2.17 bits per heavy atom. The van der Waals surface area contributed by atoms with Crippen LogP contribution in [-0.2, 0) is 7.05 Å². The van der Waals surface area contributed by atoms with Gasteiger partial charge in [-0.05, 0) is 34.5 Å². The maximum absolute atomic E-state index is 12.3. The fourth-order valence-corrected chi connectivity index (χ4v) is 2.18. The molecule has 5 nitrogen and oxygen atoms in total. The summed E-state index contributed by atoms with van der Waals surface area (Å²) in [6.45, 7) is 1.93. The molecule has 0 radical (unpaired) electrons. The van der Waals surface area contributed by atoms with Crippen LogP contribution in [0.1, 0.15) is 21.6 Å². The van der Waals surface area contributed by atoms with Gasteiger partial charge in [0.05, 0.1) is 7.11 Å². The van der Waals surface area contributed by atoms with E-state index >= 15 is 0 Å². The lowest BCUT2D eigenvalue weighted by molar-refractivity contribution is 0.102. The van der Waals surface area contributed by atoms with Crippen LogP contribution in [0.15, 0.2) is 22.8 Å². The molecule has 0 bridgehead atoms. The van der Waals surface area contributed by atoms with Gasteiger partial charge in [0.2, 0.25) is 5.78 Å². The maximum atomic E-state index is 12.3. The smallest absolute Gasteiger partial charge is 0.214 e. The van der Waals surface area contributed by atoms with Gasteiger partial charge in [-0.15, -0.1) is 5.10 Å². The number of hydrogen-bond donors (Lipinski definition) is 0. The largest absolute Gasteiger partial charge is 0.496 e. The van der Waals surface area contributed by atoms with Gasteiger partial charge in [-0.25, -0.2) is 4.68 Å². The Kier molecular flexibility index (Phi) is 3.47. The minimum Gasteiger partial charge on any atom is -0.496 e. The number of aromatic nitrogens is 3. The summed E-state index contributed by atoms with van der Waals surface area (Å²) >= 11 is 3.22. The highest BCUT2D eigenvalue weighted by Crippen LogP contribution is 2.22. The minimum absolute atomic E-state index is 0.146. The first-order valence-electron chi connectivity index (χ1n) is 5.29. The van der Waals surface area contributed by atoms with Crippen molar-refractivity contribution >= 4 is 21.7 Å². The molecule has 94 valence electrons. The van der Waals surface area contributed by atoms with E-state index in [0.29, 0.717) is 21.6 Å². The average molecular weight is 310 g/mol. The Bertz CT molecular complexity index is 588. The van der Waals surface area contributed by atoms with Crippen LogP contribution in [0.25, 0.3) is 0 Å². The molecule has 2 aromatic rings. The van der Waals surface area contributed by atoms with Gasteiger partial charge in [0, 0.05) is 12.6 Å². The number of aryl methyl sites for hydroxylation is 2. The number of rotatable bonds is 3. The topological polar surface area (TPSA) is 57.0 Å². The molecule has 0 saturated heterocycles. The first-order valence-corrected chi connectivity index (χ1v) is 6.08. The van der Waals surface area contributed by atoms with Crippen molar-refractivity contribution in [3.05, 3.63) is 39.6 Å². The van der Waals surface area contributed by atoms with Crippen LogP contribution in [0, 0.1) is 6.92 Å². The third-order valence-electron chi connectivity index (χ3n) is 2.67. The van der Waals surface area contributed by atoms with Crippen molar-refractivity contribution in [3.8, 4) is 5.75 Å². The molecular weight excluding hydrogens is 298 g/mol. The van der Waals surface area contributed by atoms with Crippen molar-refractivity contribution in [1.82, 2.24) is 15.0 Å². The minimum atomic E-state index is -0.146. The Balaban J connectivity index is 2.47. The van der Waals surface area contributed by atoms with E-state index in [1.54, 1.807) is 26.3 Å². The van der Waals surface area contributed by atoms with Crippen LogP contribution < -0.4 is 4.74 Å². The first kappa shape index (κ1) is 12.8. The number of benzene rings is 1. The van der Waals surface area contributed by atoms with Crippen molar-refractivity contribution in [3.63, 3.8) is 0 Å². The molecule has 0 N–H and O–H groups in total. The van der Waals surface area contributed by atoms with E-state index in [4.69, 9.17) is 4.74 Å². The number of hydrogen-bond acceptors (Lipinski definition) is 4. The van der Waals surface area contributed by atoms with Gasteiger partial charge in [0.25, 0.3) is 0 Å². The summed E-state index contributed by atoms with van der Waals surface area (Å²) in [6.07, 6.45) is 0. The predicted molar refractivity (Wildman–Crippen MR) is 69.9 cm³/mol. The number of methoxy groups -OCH3 is 1. The lowest BCUT2D eigenvalue weighted by Crippen LogP contribution is -2.09. The number of ether oxygens (including phenoxy) is 1. The van der Waals surface area contributed by atoms with Crippen LogP contribution >= 0.6 is 15.9 Å². The van der Waals surface area contributed by atoms with Crippen LogP contribution in [-0.4, -0.2) is 27.9 Å². The monoisotopic (exact) mass is 309 g/mol. The molecule has 0 spiro atoms. The Morgan fingerprint density at radius 3 is 2.72 bits per heavy atom. The van der Waals surface area contributed by atoms with E-state index in [1.807, 2.05) is 13.0 Å². The van der Waals surface area contributed by atoms with Crippen LogP contribution in [0.3, 0.4) is 0 Å². The second-order valence-corrected chi connectivity index (χ2v) is 4.62. The summed E-state index contributed by atoms with van der Waals surface area (Å²) in [4.78, 5) is 12.3. The second-order valence-electron chi connectivity index (χ2n) is 3.87. The zero-order valence-corrected chi connectivity index (χ0v) is 11.9. The quantitative estimate of drug-likeness (QED) is 0.815. The predicted octanol–water partition coefficient (Wildman–Crippen LogP) is 2.13. The lowest BCUT2D eigenvalue weighted by atomic mass is 10.1. The number of nitrogens with zero attached hydrogens (tertiary/aromatic N) is 3. The van der Waals surface area contributed by atoms with Crippen molar-refractivity contribution < 1.29 is 9.53 Å². The van der Waals surface area contributed by atoms with Gasteiger partial charge < -0.3 is 4.74 Å². The average Bonchev–Trinajstić information content (AvgIpc) is 2.69. The Labute approximate surface area is 113 Å². The van der Waals surface area contributed by atoms with Gasteiger partial charge in [-0.2, -0.15) is 0 Å².